The number of nitrogens with zero attached hydrogens (tertiary/aromatic N) is 1. The molecular formula is C17H23NO4. The van der Waals surface area contributed by atoms with Crippen molar-refractivity contribution in [2.45, 2.75) is 26.7 Å². The van der Waals surface area contributed by atoms with Gasteiger partial charge in [-0.3, -0.25) is 9.59 Å². The molecule has 5 nitrogen and oxygen atoms in total. The maximum atomic E-state index is 12.5. The van der Waals surface area contributed by atoms with Crippen LogP contribution in [-0.2, 0) is 9.53 Å². The number of piperidine rings is 1. The van der Waals surface area contributed by atoms with E-state index in [0.717, 1.165) is 18.6 Å². The molecule has 0 aromatic heterocycles. The van der Waals surface area contributed by atoms with Crippen molar-refractivity contribution in [3.63, 3.8) is 0 Å². The van der Waals surface area contributed by atoms with E-state index < -0.39 is 0 Å². The molecule has 120 valence electrons. The molecule has 5 heteroatoms. The van der Waals surface area contributed by atoms with Crippen molar-refractivity contribution in [2.24, 2.45) is 5.92 Å². The third-order valence-corrected chi connectivity index (χ3v) is 3.74. The zero-order valence-electron chi connectivity index (χ0n) is 13.2. The summed E-state index contributed by atoms with van der Waals surface area (Å²) in [6.45, 7) is 5.81. The van der Waals surface area contributed by atoms with Gasteiger partial charge in [0.2, 0.25) is 0 Å². The smallest absolute Gasteiger partial charge is 0.310 e. The molecule has 0 bridgehead atoms. The average Bonchev–Trinajstić information content (AvgIpc) is 2.55. The predicted octanol–water partition coefficient (Wildman–Crippen LogP) is 2.50. The molecule has 1 atom stereocenters. The van der Waals surface area contributed by atoms with Crippen molar-refractivity contribution in [3.05, 3.63) is 29.8 Å². The maximum absolute atomic E-state index is 12.5. The van der Waals surface area contributed by atoms with Gasteiger partial charge in [0.25, 0.3) is 5.91 Å². The fourth-order valence-corrected chi connectivity index (χ4v) is 2.66. The zero-order chi connectivity index (χ0) is 15.9. The highest BCUT2D eigenvalue weighted by Crippen LogP contribution is 2.21. The summed E-state index contributed by atoms with van der Waals surface area (Å²) in [5, 5.41) is 0. The number of hydrogen-bond donors (Lipinski definition) is 0. The molecular weight excluding hydrogens is 282 g/mol. The molecule has 1 aromatic carbocycles. The monoisotopic (exact) mass is 305 g/mol. The molecule has 0 radical (unpaired) electrons. The molecule has 0 N–H and O–H groups in total. The third-order valence-electron chi connectivity index (χ3n) is 3.74. The van der Waals surface area contributed by atoms with Crippen molar-refractivity contribution in [1.29, 1.82) is 0 Å². The van der Waals surface area contributed by atoms with Crippen molar-refractivity contribution < 1.29 is 19.1 Å². The van der Waals surface area contributed by atoms with Gasteiger partial charge in [-0.05, 0) is 51.0 Å². The Labute approximate surface area is 131 Å². The van der Waals surface area contributed by atoms with Gasteiger partial charge in [0, 0.05) is 18.7 Å². The molecule has 1 saturated heterocycles. The Morgan fingerprint density at radius 3 is 2.55 bits per heavy atom. The number of rotatable bonds is 5. The maximum Gasteiger partial charge on any atom is 0.310 e. The van der Waals surface area contributed by atoms with Gasteiger partial charge in [-0.1, -0.05) is 0 Å². The van der Waals surface area contributed by atoms with Crippen molar-refractivity contribution in [3.8, 4) is 5.75 Å². The second-order valence-electron chi connectivity index (χ2n) is 5.30. The summed E-state index contributed by atoms with van der Waals surface area (Å²) in [4.78, 5) is 26.1. The van der Waals surface area contributed by atoms with Crippen molar-refractivity contribution in [2.75, 3.05) is 26.3 Å². The summed E-state index contributed by atoms with van der Waals surface area (Å²) < 4.78 is 10.4. The van der Waals surface area contributed by atoms with E-state index in [0.29, 0.717) is 31.9 Å². The number of hydrogen-bond acceptors (Lipinski definition) is 4. The molecule has 0 saturated carbocycles. The van der Waals surface area contributed by atoms with Crippen molar-refractivity contribution >= 4 is 11.9 Å². The Hall–Kier alpha value is -2.04. The van der Waals surface area contributed by atoms with E-state index in [2.05, 4.69) is 0 Å². The van der Waals surface area contributed by atoms with Crippen LogP contribution in [0.5, 0.6) is 5.75 Å². The number of carbonyl (C=O) groups is 2. The molecule has 1 aliphatic heterocycles. The molecule has 0 spiro atoms. The van der Waals surface area contributed by atoms with Gasteiger partial charge < -0.3 is 14.4 Å². The number of ether oxygens (including phenoxy) is 2. The number of likely N-dealkylation sites (tertiary alicyclic amines) is 1. The lowest BCUT2D eigenvalue weighted by molar-refractivity contribution is -0.149. The minimum Gasteiger partial charge on any atom is -0.494 e. The first-order valence-electron chi connectivity index (χ1n) is 7.84. The highest BCUT2D eigenvalue weighted by atomic mass is 16.5. The van der Waals surface area contributed by atoms with Gasteiger partial charge in [-0.25, -0.2) is 0 Å². The molecule has 2 rings (SSSR count). The van der Waals surface area contributed by atoms with E-state index >= 15 is 0 Å². The molecule has 22 heavy (non-hydrogen) atoms. The average molecular weight is 305 g/mol. The van der Waals surface area contributed by atoms with Gasteiger partial charge in [0.1, 0.15) is 5.75 Å². The molecule has 1 fully saturated rings. The number of esters is 1. The molecule has 1 aliphatic rings. The first-order chi connectivity index (χ1) is 10.7. The van der Waals surface area contributed by atoms with Crippen LogP contribution in [0.25, 0.3) is 0 Å². The van der Waals surface area contributed by atoms with E-state index in [4.69, 9.17) is 9.47 Å². The Balaban J connectivity index is 2.00. The van der Waals surface area contributed by atoms with Gasteiger partial charge >= 0.3 is 5.97 Å². The zero-order valence-corrected chi connectivity index (χ0v) is 13.2. The Bertz CT molecular complexity index is 512. The van der Waals surface area contributed by atoms with Gasteiger partial charge in [0.15, 0.2) is 0 Å². The van der Waals surface area contributed by atoms with Crippen LogP contribution in [0.1, 0.15) is 37.0 Å². The lowest BCUT2D eigenvalue weighted by Gasteiger charge is -2.31. The molecule has 1 amide bonds. The number of benzene rings is 1. The quantitative estimate of drug-likeness (QED) is 0.784. The number of amides is 1. The fraction of sp³-hybridized carbons (Fsp3) is 0.529. The summed E-state index contributed by atoms with van der Waals surface area (Å²) in [5.74, 6) is 0.297. The molecule has 0 unspecified atom stereocenters. The van der Waals surface area contributed by atoms with Gasteiger partial charge in [-0.2, -0.15) is 0 Å². The van der Waals surface area contributed by atoms with Crippen molar-refractivity contribution in [1.82, 2.24) is 4.90 Å². The normalized spacial score (nSPS) is 17.9. The second-order valence-corrected chi connectivity index (χ2v) is 5.30. The van der Waals surface area contributed by atoms with E-state index in [-0.39, 0.29) is 17.8 Å². The standard InChI is InChI=1S/C17H23NO4/c1-3-21-15-9-7-13(8-10-15)16(19)18-11-5-6-14(12-18)17(20)22-4-2/h7-10,14H,3-6,11-12H2,1-2H3/t14-/m0/s1. The van der Waals surface area contributed by atoms with Crippen LogP contribution >= 0.6 is 0 Å². The third kappa shape index (κ3) is 4.00. The first-order valence-corrected chi connectivity index (χ1v) is 7.84. The Morgan fingerprint density at radius 1 is 1.18 bits per heavy atom. The fourth-order valence-electron chi connectivity index (χ4n) is 2.66. The SMILES string of the molecule is CCOC(=O)[C@H]1CCCN(C(=O)c2ccc(OCC)cc2)C1. The lowest BCUT2D eigenvalue weighted by atomic mass is 9.97. The van der Waals surface area contributed by atoms with Crippen LogP contribution in [0.2, 0.25) is 0 Å². The Morgan fingerprint density at radius 2 is 1.91 bits per heavy atom. The first kappa shape index (κ1) is 16.3. The van der Waals surface area contributed by atoms with Crippen LogP contribution in [0.4, 0.5) is 0 Å². The lowest BCUT2D eigenvalue weighted by Crippen LogP contribution is -2.42. The largest absolute Gasteiger partial charge is 0.494 e. The summed E-state index contributed by atoms with van der Waals surface area (Å²) in [6, 6.07) is 7.12. The minimum atomic E-state index is -0.208. The molecule has 0 aliphatic carbocycles. The Kier molecular flexibility index (Phi) is 5.81. The highest BCUT2D eigenvalue weighted by molar-refractivity contribution is 5.94. The predicted molar refractivity (Wildman–Crippen MR) is 82.9 cm³/mol. The summed E-state index contributed by atoms with van der Waals surface area (Å²) >= 11 is 0. The van der Waals surface area contributed by atoms with E-state index in [1.165, 1.54) is 0 Å². The van der Waals surface area contributed by atoms with Crippen LogP contribution in [0.15, 0.2) is 24.3 Å². The second kappa shape index (κ2) is 7.82. The topological polar surface area (TPSA) is 55.8 Å². The van der Waals surface area contributed by atoms with Crippen LogP contribution < -0.4 is 4.74 Å². The summed E-state index contributed by atoms with van der Waals surface area (Å²) in [7, 11) is 0. The number of carbonyl (C=O) groups excluding carboxylic acids is 2. The highest BCUT2D eigenvalue weighted by Gasteiger charge is 2.29. The minimum absolute atomic E-state index is 0.0444. The van der Waals surface area contributed by atoms with Crippen LogP contribution in [0.3, 0.4) is 0 Å². The van der Waals surface area contributed by atoms with Gasteiger partial charge in [0.05, 0.1) is 19.1 Å². The molecule has 1 aromatic rings. The van der Waals surface area contributed by atoms with E-state index in [1.54, 1.807) is 36.1 Å². The van der Waals surface area contributed by atoms with E-state index in [1.807, 2.05) is 6.92 Å². The summed E-state index contributed by atoms with van der Waals surface area (Å²) in [6.07, 6.45) is 1.61. The summed E-state index contributed by atoms with van der Waals surface area (Å²) in [5.41, 5.74) is 0.618. The van der Waals surface area contributed by atoms with E-state index in [9.17, 15) is 9.59 Å². The molecule has 1 heterocycles. The van der Waals surface area contributed by atoms with Crippen LogP contribution in [-0.4, -0.2) is 43.1 Å². The van der Waals surface area contributed by atoms with Gasteiger partial charge in [-0.15, -0.1) is 0 Å². The van der Waals surface area contributed by atoms with Crippen LogP contribution in [0, 0.1) is 5.92 Å².